The predicted molar refractivity (Wildman–Crippen MR) is 51.2 cm³/mol. The molecule has 8 heteroatoms. The molecule has 2 heterocycles. The van der Waals surface area contributed by atoms with E-state index in [1.54, 1.807) is 0 Å². The fourth-order valence-electron chi connectivity index (χ4n) is 1.72. The molecule has 0 amide bonds. The van der Waals surface area contributed by atoms with Crippen molar-refractivity contribution < 1.29 is 25.2 Å². The van der Waals surface area contributed by atoms with Gasteiger partial charge in [-0.1, -0.05) is 0 Å². The van der Waals surface area contributed by atoms with Crippen LogP contribution < -0.4 is 5.49 Å². The van der Waals surface area contributed by atoms with Crippen LogP contribution in [0.5, 0.6) is 6.01 Å². The predicted octanol–water partition coefficient (Wildman–Crippen LogP) is -1.88. The first-order valence-corrected chi connectivity index (χ1v) is 4.98. The molecule has 0 saturated carbocycles. The highest BCUT2D eigenvalue weighted by Crippen LogP contribution is 2.30. The van der Waals surface area contributed by atoms with Gasteiger partial charge in [-0.2, -0.15) is 4.98 Å². The van der Waals surface area contributed by atoms with Crippen LogP contribution in [0.15, 0.2) is 12.3 Å². The molecule has 8 nitrogen and oxygen atoms in total. The maximum atomic E-state index is 11.5. The highest BCUT2D eigenvalue weighted by atomic mass is 16.6. The fourth-order valence-corrected chi connectivity index (χ4v) is 1.72. The largest absolute Gasteiger partial charge is 0.394 e. The third-order valence-electron chi connectivity index (χ3n) is 2.62. The quantitative estimate of drug-likeness (QED) is 0.482. The lowest BCUT2D eigenvalue weighted by molar-refractivity contribution is -0.0579. The lowest BCUT2D eigenvalue weighted by Crippen LogP contribution is -2.33. The molecule has 0 unspecified atom stereocenters. The van der Waals surface area contributed by atoms with Crippen molar-refractivity contribution >= 4 is 0 Å². The number of aliphatic hydroxyl groups excluding tert-OH is 3. The smallest absolute Gasteiger partial charge is 0.351 e. The zero-order valence-corrected chi connectivity index (χ0v) is 8.72. The first kappa shape index (κ1) is 12.0. The molecule has 1 saturated heterocycles. The van der Waals surface area contributed by atoms with Crippen LogP contribution in [0.1, 0.15) is 6.23 Å². The Hall–Kier alpha value is -1.48. The molecule has 1 aromatic rings. The van der Waals surface area contributed by atoms with Crippen LogP contribution in [-0.4, -0.2) is 49.8 Å². The van der Waals surface area contributed by atoms with Gasteiger partial charge in [-0.15, -0.1) is 0 Å². The van der Waals surface area contributed by atoms with E-state index in [-0.39, 0.29) is 5.49 Å². The minimum Gasteiger partial charge on any atom is -0.394 e. The van der Waals surface area contributed by atoms with Gasteiger partial charge in [-0.05, 0) is 6.07 Å². The number of aliphatic hydroxyl groups is 3. The van der Waals surface area contributed by atoms with Crippen LogP contribution in [0.2, 0.25) is 0 Å². The number of nitrogens with zero attached hydrogens (tertiary/aromatic N) is 2. The summed E-state index contributed by atoms with van der Waals surface area (Å²) in [5.74, 6) is 0. The monoisotopic (exact) mass is 242 g/mol. The summed E-state index contributed by atoms with van der Waals surface area (Å²) in [6.45, 7) is -0.465. The minimum atomic E-state index is -1.33. The third-order valence-corrected chi connectivity index (χ3v) is 2.62. The van der Waals surface area contributed by atoms with E-state index in [9.17, 15) is 15.3 Å². The van der Waals surface area contributed by atoms with E-state index in [1.165, 1.54) is 12.3 Å². The van der Waals surface area contributed by atoms with Gasteiger partial charge in [0.05, 0.1) is 6.61 Å². The first-order chi connectivity index (χ1) is 8.04. The van der Waals surface area contributed by atoms with Crippen LogP contribution in [0.25, 0.3) is 0 Å². The SMILES string of the molecule is N=c1ccn([C@@H]2O[C@H](CO)[C@@H](O)[C@H]2O)c([O])n1. The summed E-state index contributed by atoms with van der Waals surface area (Å²) in [6.07, 6.45) is -3.41. The van der Waals surface area contributed by atoms with Crippen molar-refractivity contribution in [1.82, 2.24) is 9.55 Å². The second-order valence-corrected chi connectivity index (χ2v) is 3.73. The van der Waals surface area contributed by atoms with Gasteiger partial charge in [0, 0.05) is 6.20 Å². The van der Waals surface area contributed by atoms with Crippen LogP contribution in [0.4, 0.5) is 0 Å². The molecule has 4 atom stereocenters. The van der Waals surface area contributed by atoms with Crippen LogP contribution in [0, 0.1) is 5.41 Å². The maximum Gasteiger partial charge on any atom is 0.351 e. The number of hydrogen-bond acceptors (Lipinski definition) is 6. The van der Waals surface area contributed by atoms with Gasteiger partial charge < -0.3 is 20.1 Å². The minimum absolute atomic E-state index is 0.196. The molecular weight excluding hydrogens is 230 g/mol. The molecule has 0 aromatic carbocycles. The topological polar surface area (TPSA) is 131 Å². The van der Waals surface area contributed by atoms with Crippen molar-refractivity contribution in [3.63, 3.8) is 0 Å². The number of aromatic nitrogens is 2. The van der Waals surface area contributed by atoms with Gasteiger partial charge in [0.1, 0.15) is 18.3 Å². The summed E-state index contributed by atoms with van der Waals surface area (Å²) in [7, 11) is 0. The van der Waals surface area contributed by atoms with Gasteiger partial charge in [-0.3, -0.25) is 9.98 Å². The number of ether oxygens (including phenoxy) is 1. The van der Waals surface area contributed by atoms with E-state index in [1.807, 2.05) is 0 Å². The van der Waals surface area contributed by atoms with Crippen molar-refractivity contribution in [2.24, 2.45) is 0 Å². The van der Waals surface area contributed by atoms with Crippen molar-refractivity contribution in [2.45, 2.75) is 24.5 Å². The fraction of sp³-hybridized carbons (Fsp3) is 0.556. The molecule has 1 fully saturated rings. The Morgan fingerprint density at radius 1 is 1.47 bits per heavy atom. The summed E-state index contributed by atoms with van der Waals surface area (Å²) in [5.41, 5.74) is -0.196. The summed E-state index contributed by atoms with van der Waals surface area (Å²) >= 11 is 0. The molecule has 17 heavy (non-hydrogen) atoms. The van der Waals surface area contributed by atoms with Crippen LogP contribution >= 0.6 is 0 Å². The number of nitrogens with one attached hydrogen (secondary N) is 1. The van der Waals surface area contributed by atoms with E-state index in [0.29, 0.717) is 0 Å². The van der Waals surface area contributed by atoms with E-state index in [4.69, 9.17) is 15.3 Å². The third kappa shape index (κ3) is 2.03. The normalized spacial score (nSPS) is 32.9. The van der Waals surface area contributed by atoms with E-state index >= 15 is 0 Å². The molecule has 4 N–H and O–H groups in total. The van der Waals surface area contributed by atoms with Crippen LogP contribution in [-0.2, 0) is 9.84 Å². The summed E-state index contributed by atoms with van der Waals surface area (Å²) < 4.78 is 6.13. The zero-order chi connectivity index (χ0) is 12.6. The lowest BCUT2D eigenvalue weighted by Gasteiger charge is -2.17. The average Bonchev–Trinajstić information content (AvgIpc) is 2.57. The Morgan fingerprint density at radius 3 is 2.71 bits per heavy atom. The molecule has 1 radical (unpaired) electrons. The Morgan fingerprint density at radius 2 is 2.18 bits per heavy atom. The van der Waals surface area contributed by atoms with Gasteiger partial charge in [0.15, 0.2) is 11.7 Å². The summed E-state index contributed by atoms with van der Waals surface area (Å²) in [5, 5.41) is 46.7. The number of rotatable bonds is 2. The van der Waals surface area contributed by atoms with Crippen LogP contribution in [0.3, 0.4) is 0 Å². The Bertz CT molecular complexity index is 462. The van der Waals surface area contributed by atoms with Gasteiger partial charge in [0.2, 0.25) is 0 Å². The zero-order valence-electron chi connectivity index (χ0n) is 8.72. The molecule has 0 aliphatic carbocycles. The molecule has 0 spiro atoms. The van der Waals surface area contributed by atoms with Crippen molar-refractivity contribution in [3.05, 3.63) is 17.8 Å². The molecular formula is C9H12N3O5. The maximum absolute atomic E-state index is 11.5. The standard InChI is InChI=1S/C9H12N3O5/c10-5-1-2-12(9(16)11-5)8-7(15)6(14)4(3-13)17-8/h1-2,4,6-8,10,13-15H,3H2/t4-,6-,7-,8-/m1/s1. The Balaban J connectivity index is 2.32. The van der Waals surface area contributed by atoms with Gasteiger partial charge in [-0.25, -0.2) is 5.11 Å². The molecule has 1 aliphatic rings. The molecule has 1 aromatic heterocycles. The molecule has 2 rings (SSSR count). The molecule has 0 bridgehead atoms. The van der Waals surface area contributed by atoms with Crippen molar-refractivity contribution in [2.75, 3.05) is 6.61 Å². The first-order valence-electron chi connectivity index (χ1n) is 4.98. The Labute approximate surface area is 95.9 Å². The number of hydrogen-bond donors (Lipinski definition) is 4. The Kier molecular flexibility index (Phi) is 3.11. The summed E-state index contributed by atoms with van der Waals surface area (Å²) in [4.78, 5) is 3.37. The van der Waals surface area contributed by atoms with E-state index in [0.717, 1.165) is 4.57 Å². The highest BCUT2D eigenvalue weighted by Gasteiger charge is 2.43. The second-order valence-electron chi connectivity index (χ2n) is 3.73. The van der Waals surface area contributed by atoms with Crippen molar-refractivity contribution in [3.8, 4) is 6.01 Å². The second kappa shape index (κ2) is 4.41. The van der Waals surface area contributed by atoms with E-state index in [2.05, 4.69) is 4.98 Å². The van der Waals surface area contributed by atoms with Gasteiger partial charge >= 0.3 is 6.01 Å². The van der Waals surface area contributed by atoms with Gasteiger partial charge in [0.25, 0.3) is 0 Å². The molecule has 93 valence electrons. The van der Waals surface area contributed by atoms with E-state index < -0.39 is 37.2 Å². The average molecular weight is 242 g/mol. The highest BCUT2D eigenvalue weighted by molar-refractivity contribution is 5.00. The van der Waals surface area contributed by atoms with Crippen molar-refractivity contribution in [1.29, 1.82) is 5.41 Å². The summed E-state index contributed by atoms with van der Waals surface area (Å²) in [6, 6.07) is 0.503. The lowest BCUT2D eigenvalue weighted by atomic mass is 10.1. The molecule has 1 aliphatic heterocycles.